The third-order valence-corrected chi connectivity index (χ3v) is 7.65. The molecule has 0 aromatic heterocycles. The van der Waals surface area contributed by atoms with Gasteiger partial charge in [-0.15, -0.1) is 0 Å². The van der Waals surface area contributed by atoms with Crippen molar-refractivity contribution in [1.82, 2.24) is 4.90 Å². The van der Waals surface area contributed by atoms with Crippen LogP contribution in [0.1, 0.15) is 37.8 Å². The first kappa shape index (κ1) is 25.5. The van der Waals surface area contributed by atoms with Crippen molar-refractivity contribution in [2.45, 2.75) is 50.8 Å². The largest absolute Gasteiger partial charge is 0.489 e. The maximum absolute atomic E-state index is 11.7. The van der Waals surface area contributed by atoms with Crippen molar-refractivity contribution >= 4 is 16.5 Å². The number of anilines is 1. The highest BCUT2D eigenvalue weighted by Crippen LogP contribution is 2.27. The van der Waals surface area contributed by atoms with Crippen LogP contribution in [0.2, 0.25) is 0 Å². The molecule has 35 heavy (non-hydrogen) atoms. The molecule has 4 rings (SSSR count). The van der Waals surface area contributed by atoms with E-state index in [-0.39, 0.29) is 0 Å². The summed E-state index contributed by atoms with van der Waals surface area (Å²) in [5.41, 5.74) is 3.74. The van der Waals surface area contributed by atoms with Gasteiger partial charge in [0.25, 0.3) is 0 Å². The molecule has 1 saturated heterocycles. The SMILES string of the molecule is CC(C)CCN(c1ccc(OCc2ccccc2)cc1)C1CCN(Cc2ccc(S(C)=O)cc2)C1. The van der Waals surface area contributed by atoms with Gasteiger partial charge < -0.3 is 9.64 Å². The Kier molecular flexibility index (Phi) is 9.00. The summed E-state index contributed by atoms with van der Waals surface area (Å²) in [6.07, 6.45) is 4.08. The van der Waals surface area contributed by atoms with Crippen molar-refractivity contribution in [2.24, 2.45) is 5.92 Å². The Bertz CT molecular complexity index is 1070. The lowest BCUT2D eigenvalue weighted by molar-refractivity contribution is 0.306. The quantitative estimate of drug-likeness (QED) is 0.324. The van der Waals surface area contributed by atoms with Crippen LogP contribution >= 0.6 is 0 Å². The average Bonchev–Trinajstić information content (AvgIpc) is 3.32. The molecule has 0 saturated carbocycles. The molecular weight excluding hydrogens is 452 g/mol. The maximum atomic E-state index is 11.7. The van der Waals surface area contributed by atoms with Crippen LogP contribution < -0.4 is 9.64 Å². The highest BCUT2D eigenvalue weighted by molar-refractivity contribution is 7.84. The van der Waals surface area contributed by atoms with E-state index in [2.05, 4.69) is 72.2 Å². The van der Waals surface area contributed by atoms with E-state index >= 15 is 0 Å². The van der Waals surface area contributed by atoms with Crippen LogP contribution in [0.25, 0.3) is 0 Å². The normalized spacial score (nSPS) is 17.0. The van der Waals surface area contributed by atoms with E-state index in [4.69, 9.17) is 4.74 Å². The summed E-state index contributed by atoms with van der Waals surface area (Å²) >= 11 is 0. The maximum Gasteiger partial charge on any atom is 0.119 e. The predicted molar refractivity (Wildman–Crippen MR) is 146 cm³/mol. The van der Waals surface area contributed by atoms with Crippen LogP contribution in [0.4, 0.5) is 5.69 Å². The third kappa shape index (κ3) is 7.42. The summed E-state index contributed by atoms with van der Waals surface area (Å²) in [5.74, 6) is 1.58. The van der Waals surface area contributed by atoms with Crippen molar-refractivity contribution in [3.05, 3.63) is 90.0 Å². The molecule has 5 heteroatoms. The van der Waals surface area contributed by atoms with Crippen LogP contribution in [0.3, 0.4) is 0 Å². The number of ether oxygens (including phenoxy) is 1. The van der Waals surface area contributed by atoms with Gasteiger partial charge in [0.1, 0.15) is 12.4 Å². The molecule has 0 bridgehead atoms. The van der Waals surface area contributed by atoms with Crippen molar-refractivity contribution in [3.8, 4) is 5.75 Å². The highest BCUT2D eigenvalue weighted by Gasteiger charge is 2.28. The van der Waals surface area contributed by atoms with Crippen LogP contribution in [-0.2, 0) is 24.0 Å². The summed E-state index contributed by atoms with van der Waals surface area (Å²) in [6.45, 7) is 9.35. The number of hydrogen-bond donors (Lipinski definition) is 0. The first-order valence-corrected chi connectivity index (χ1v) is 14.2. The first-order valence-electron chi connectivity index (χ1n) is 12.7. The summed E-state index contributed by atoms with van der Waals surface area (Å²) in [5, 5.41) is 0. The number of hydrogen-bond acceptors (Lipinski definition) is 4. The second-order valence-corrected chi connectivity index (χ2v) is 11.3. The van der Waals surface area contributed by atoms with E-state index in [1.807, 2.05) is 30.3 Å². The monoisotopic (exact) mass is 490 g/mol. The van der Waals surface area contributed by atoms with Gasteiger partial charge in [-0.25, -0.2) is 0 Å². The van der Waals surface area contributed by atoms with Crippen LogP contribution in [0.15, 0.2) is 83.8 Å². The lowest BCUT2D eigenvalue weighted by Gasteiger charge is -2.32. The molecular formula is C30H38N2O2S. The van der Waals surface area contributed by atoms with Gasteiger partial charge in [0.2, 0.25) is 0 Å². The Morgan fingerprint density at radius 3 is 2.34 bits per heavy atom. The van der Waals surface area contributed by atoms with Crippen molar-refractivity contribution in [1.29, 1.82) is 0 Å². The highest BCUT2D eigenvalue weighted by atomic mass is 32.2. The number of rotatable bonds is 11. The van der Waals surface area contributed by atoms with Gasteiger partial charge in [-0.1, -0.05) is 56.3 Å². The zero-order valence-corrected chi connectivity index (χ0v) is 22.0. The fourth-order valence-electron chi connectivity index (χ4n) is 4.65. The zero-order chi connectivity index (χ0) is 24.6. The first-order chi connectivity index (χ1) is 17.0. The summed E-state index contributed by atoms with van der Waals surface area (Å²) in [6, 6.07) is 27.7. The topological polar surface area (TPSA) is 32.8 Å². The molecule has 0 radical (unpaired) electrons. The lowest BCUT2D eigenvalue weighted by atomic mass is 10.1. The van der Waals surface area contributed by atoms with Crippen molar-refractivity contribution in [2.75, 3.05) is 30.8 Å². The minimum absolute atomic E-state index is 0.507. The predicted octanol–water partition coefficient (Wildman–Crippen LogP) is 6.13. The molecule has 1 fully saturated rings. The van der Waals surface area contributed by atoms with Gasteiger partial charge in [0.15, 0.2) is 0 Å². The van der Waals surface area contributed by atoms with Crippen LogP contribution in [0.5, 0.6) is 5.75 Å². The van der Waals surface area contributed by atoms with Gasteiger partial charge >= 0.3 is 0 Å². The van der Waals surface area contributed by atoms with Gasteiger partial charge in [-0.3, -0.25) is 9.11 Å². The second-order valence-electron chi connectivity index (χ2n) is 9.92. The van der Waals surface area contributed by atoms with E-state index in [1.165, 1.54) is 29.7 Å². The zero-order valence-electron chi connectivity index (χ0n) is 21.2. The molecule has 1 aliphatic heterocycles. The summed E-state index contributed by atoms with van der Waals surface area (Å²) in [7, 11) is -0.923. The summed E-state index contributed by atoms with van der Waals surface area (Å²) in [4.78, 5) is 6.04. The Morgan fingerprint density at radius 2 is 1.69 bits per heavy atom. The molecule has 1 aliphatic rings. The van der Waals surface area contributed by atoms with Gasteiger partial charge in [-0.2, -0.15) is 0 Å². The fraction of sp³-hybridized carbons (Fsp3) is 0.400. The fourth-order valence-corrected chi connectivity index (χ4v) is 5.17. The molecule has 186 valence electrons. The van der Waals surface area contributed by atoms with E-state index in [0.29, 0.717) is 18.6 Å². The average molecular weight is 491 g/mol. The number of likely N-dealkylation sites (tertiary alicyclic amines) is 1. The Labute approximate surface area is 213 Å². The van der Waals surface area contributed by atoms with Gasteiger partial charge in [-0.05, 0) is 66.3 Å². The lowest BCUT2D eigenvalue weighted by Crippen LogP contribution is -2.38. The van der Waals surface area contributed by atoms with Crippen LogP contribution in [0, 0.1) is 5.92 Å². The van der Waals surface area contributed by atoms with Crippen molar-refractivity contribution in [3.63, 3.8) is 0 Å². The molecule has 0 aliphatic carbocycles. The van der Waals surface area contributed by atoms with E-state index in [9.17, 15) is 4.21 Å². The molecule has 2 atom stereocenters. The Balaban J connectivity index is 1.38. The number of benzene rings is 3. The molecule has 0 spiro atoms. The molecule has 1 heterocycles. The Hall–Kier alpha value is -2.63. The van der Waals surface area contributed by atoms with Gasteiger partial charge in [0, 0.05) is 59.9 Å². The molecule has 2 unspecified atom stereocenters. The smallest absolute Gasteiger partial charge is 0.119 e. The minimum Gasteiger partial charge on any atom is -0.489 e. The molecule has 0 amide bonds. The van der Waals surface area contributed by atoms with E-state index < -0.39 is 10.8 Å². The molecule has 3 aromatic carbocycles. The minimum atomic E-state index is -0.923. The second kappa shape index (κ2) is 12.4. The number of nitrogens with zero attached hydrogens (tertiary/aromatic N) is 2. The van der Waals surface area contributed by atoms with Crippen molar-refractivity contribution < 1.29 is 8.95 Å². The van der Waals surface area contributed by atoms with Crippen LogP contribution in [-0.4, -0.2) is 41.0 Å². The Morgan fingerprint density at radius 1 is 0.971 bits per heavy atom. The standard InChI is InChI=1S/C30H38N2O2S/c1-24(2)17-20-32(27-11-13-29(14-12-27)34-23-26-7-5-4-6-8-26)28-18-19-31(22-28)21-25-9-15-30(16-10-25)35(3)33/h4-16,24,28H,17-23H2,1-3H3. The molecule has 3 aromatic rings. The van der Waals surface area contributed by atoms with E-state index in [1.54, 1.807) is 6.26 Å². The summed E-state index contributed by atoms with van der Waals surface area (Å²) < 4.78 is 17.7. The third-order valence-electron chi connectivity index (χ3n) is 6.71. The van der Waals surface area contributed by atoms with Gasteiger partial charge in [0.05, 0.1) is 0 Å². The molecule has 4 nitrogen and oxygen atoms in total. The van der Waals surface area contributed by atoms with E-state index in [0.717, 1.165) is 36.8 Å². The molecule has 0 N–H and O–H groups in total.